The van der Waals surface area contributed by atoms with E-state index >= 15 is 0 Å². The van der Waals surface area contributed by atoms with Gasteiger partial charge < -0.3 is 15.0 Å². The fourth-order valence-corrected chi connectivity index (χ4v) is 4.93. The largest absolute Gasteiger partial charge is 0.329 e. The number of hydrogen-bond acceptors (Lipinski definition) is 9. The number of carbonyl (C=O) groups excluding carboxylic acids is 1. The molecule has 0 spiro atoms. The minimum atomic E-state index is -0.265. The van der Waals surface area contributed by atoms with Crippen LogP contribution in [0.15, 0.2) is 54.7 Å². The molecule has 0 bridgehead atoms. The molecule has 0 unspecified atom stereocenters. The smallest absolute Gasteiger partial charge is 0.190 e. The third-order valence-corrected chi connectivity index (χ3v) is 6.94. The van der Waals surface area contributed by atoms with Gasteiger partial charge >= 0.3 is 0 Å². The zero-order chi connectivity index (χ0) is 24.2. The van der Waals surface area contributed by atoms with Crippen LogP contribution in [0.3, 0.4) is 0 Å². The monoisotopic (exact) mass is 491 g/mol. The summed E-state index contributed by atoms with van der Waals surface area (Å²) in [5.41, 5.74) is 2.83. The Balaban J connectivity index is 1.26. The van der Waals surface area contributed by atoms with Gasteiger partial charge in [-0.15, -0.1) is 0 Å². The van der Waals surface area contributed by atoms with Crippen molar-refractivity contribution in [3.05, 3.63) is 66.1 Å². The lowest BCUT2D eigenvalue weighted by molar-refractivity contribution is -0.109. The summed E-state index contributed by atoms with van der Waals surface area (Å²) < 4.78 is 13.3. The molecule has 3 aromatic heterocycles. The Labute approximate surface area is 207 Å². The van der Waals surface area contributed by atoms with Crippen LogP contribution in [0.4, 0.5) is 26.8 Å². The van der Waals surface area contributed by atoms with E-state index in [2.05, 4.69) is 25.1 Å². The molecule has 0 amide bonds. The lowest BCUT2D eigenvalue weighted by atomic mass is 10.2. The number of hydrogen-bond donors (Lipinski definition) is 1. The van der Waals surface area contributed by atoms with Gasteiger partial charge in [0.15, 0.2) is 5.13 Å². The van der Waals surface area contributed by atoms with Crippen LogP contribution in [0.2, 0.25) is 0 Å². The average molecular weight is 492 g/mol. The van der Waals surface area contributed by atoms with Crippen molar-refractivity contribution in [2.24, 2.45) is 0 Å². The van der Waals surface area contributed by atoms with Gasteiger partial charge in [-0.3, -0.25) is 9.80 Å². The van der Waals surface area contributed by atoms with Crippen molar-refractivity contribution in [1.82, 2.24) is 24.8 Å². The molecule has 1 fully saturated rings. The molecule has 0 saturated carbocycles. The molecule has 1 aliphatic rings. The number of fused-ring (bicyclic) bond motifs is 1. The number of nitrogens with zero attached hydrogens (tertiary/aromatic N) is 6. The van der Waals surface area contributed by atoms with Gasteiger partial charge in [0, 0.05) is 51.7 Å². The van der Waals surface area contributed by atoms with Crippen LogP contribution in [0, 0.1) is 5.82 Å². The summed E-state index contributed by atoms with van der Waals surface area (Å²) in [7, 11) is 1.90. The molecule has 0 aliphatic carbocycles. The third kappa shape index (κ3) is 5.61. The normalized spacial score (nSPS) is 14.8. The molecule has 4 heterocycles. The molecule has 35 heavy (non-hydrogen) atoms. The number of aromatic nitrogens is 3. The Bertz CT molecular complexity index is 1300. The number of benzene rings is 1. The first-order valence-electron chi connectivity index (χ1n) is 11.4. The topological polar surface area (TPSA) is 77.5 Å². The van der Waals surface area contributed by atoms with Crippen LogP contribution in [0.1, 0.15) is 5.56 Å². The second-order valence-electron chi connectivity index (χ2n) is 8.47. The molecule has 1 aromatic carbocycles. The number of anilines is 4. The van der Waals surface area contributed by atoms with E-state index in [4.69, 9.17) is 4.98 Å². The predicted molar refractivity (Wildman–Crippen MR) is 137 cm³/mol. The lowest BCUT2D eigenvalue weighted by Gasteiger charge is -2.33. The zero-order valence-electron chi connectivity index (χ0n) is 19.4. The van der Waals surface area contributed by atoms with E-state index in [9.17, 15) is 9.18 Å². The zero-order valence-corrected chi connectivity index (χ0v) is 20.2. The van der Waals surface area contributed by atoms with Crippen molar-refractivity contribution >= 4 is 50.4 Å². The van der Waals surface area contributed by atoms with Crippen molar-refractivity contribution in [3.63, 3.8) is 0 Å². The van der Waals surface area contributed by atoms with Crippen LogP contribution in [0.25, 0.3) is 10.3 Å². The van der Waals surface area contributed by atoms with Gasteiger partial charge in [-0.05, 0) is 54.1 Å². The minimum absolute atomic E-state index is 0.265. The Morgan fingerprint density at radius 1 is 1.06 bits per heavy atom. The maximum atomic E-state index is 13.3. The Morgan fingerprint density at radius 2 is 1.83 bits per heavy atom. The number of rotatable bonds is 8. The molecular formula is C25H26FN7OS. The lowest BCUT2D eigenvalue weighted by Crippen LogP contribution is -2.46. The number of aldehydes is 1. The fourth-order valence-electron chi connectivity index (χ4n) is 4.09. The summed E-state index contributed by atoms with van der Waals surface area (Å²) >= 11 is 1.46. The van der Waals surface area contributed by atoms with E-state index in [-0.39, 0.29) is 5.82 Å². The van der Waals surface area contributed by atoms with Crippen molar-refractivity contribution in [2.45, 2.75) is 6.54 Å². The summed E-state index contributed by atoms with van der Waals surface area (Å²) in [5.74, 6) is 1.23. The minimum Gasteiger partial charge on any atom is -0.329 e. The molecule has 1 saturated heterocycles. The standard InChI is InChI=1S/C25H26FN7OS/c1-31(20-4-2-19(26)3-5-20)23-7-6-21-24(30-23)35-25(28-21)29-22-16-18(8-9-27-22)17-33-12-10-32(11-13-33)14-15-34/h2-9,15-16H,10-14,17H2,1H3,(H,27,28,29). The van der Waals surface area contributed by atoms with E-state index in [0.717, 1.165) is 71.8 Å². The summed E-state index contributed by atoms with van der Waals surface area (Å²) in [6, 6.07) is 14.2. The third-order valence-electron chi connectivity index (χ3n) is 6.06. The van der Waals surface area contributed by atoms with Crippen LogP contribution in [-0.2, 0) is 11.3 Å². The molecule has 0 radical (unpaired) electrons. The SMILES string of the molecule is CN(c1ccc(F)cc1)c1ccc2nc(Nc3cc(CN4CCN(CC=O)CC4)ccn3)sc2n1. The Hall–Kier alpha value is -3.47. The summed E-state index contributed by atoms with van der Waals surface area (Å²) in [5, 5.41) is 4.04. The van der Waals surface area contributed by atoms with Crippen molar-refractivity contribution in [3.8, 4) is 0 Å². The van der Waals surface area contributed by atoms with Gasteiger partial charge in [0.1, 0.15) is 34.1 Å². The maximum absolute atomic E-state index is 13.3. The number of pyridine rings is 2. The summed E-state index contributed by atoms with van der Waals surface area (Å²) in [4.78, 5) is 31.9. The summed E-state index contributed by atoms with van der Waals surface area (Å²) in [6.45, 7) is 5.05. The molecule has 0 atom stereocenters. The number of nitrogens with one attached hydrogen (secondary N) is 1. The molecule has 5 rings (SSSR count). The van der Waals surface area contributed by atoms with E-state index in [1.54, 1.807) is 12.1 Å². The Morgan fingerprint density at radius 3 is 2.60 bits per heavy atom. The van der Waals surface area contributed by atoms with E-state index in [1.807, 2.05) is 42.4 Å². The molecular weight excluding hydrogens is 465 g/mol. The van der Waals surface area contributed by atoms with Crippen molar-refractivity contribution in [2.75, 3.05) is 50.0 Å². The van der Waals surface area contributed by atoms with Crippen molar-refractivity contribution in [1.29, 1.82) is 0 Å². The van der Waals surface area contributed by atoms with Crippen molar-refractivity contribution < 1.29 is 9.18 Å². The molecule has 1 aliphatic heterocycles. The van der Waals surface area contributed by atoms with E-state index < -0.39 is 0 Å². The van der Waals surface area contributed by atoms with Gasteiger partial charge in [-0.1, -0.05) is 11.3 Å². The first-order chi connectivity index (χ1) is 17.1. The number of piperazine rings is 1. The second-order valence-corrected chi connectivity index (χ2v) is 9.44. The van der Waals surface area contributed by atoms with Gasteiger partial charge in [-0.25, -0.2) is 19.3 Å². The quantitative estimate of drug-likeness (QED) is 0.370. The molecule has 4 aromatic rings. The summed E-state index contributed by atoms with van der Waals surface area (Å²) in [6.07, 6.45) is 2.78. The van der Waals surface area contributed by atoms with Crippen LogP contribution >= 0.6 is 11.3 Å². The molecule has 1 N–H and O–H groups in total. The number of thiazole rings is 1. The molecule has 10 heteroatoms. The van der Waals surface area contributed by atoms with Gasteiger partial charge in [0.05, 0.1) is 6.54 Å². The first kappa shape index (κ1) is 23.3. The van der Waals surface area contributed by atoms with Gasteiger partial charge in [-0.2, -0.15) is 0 Å². The number of halogens is 1. The molecule has 180 valence electrons. The van der Waals surface area contributed by atoms with Gasteiger partial charge in [0.25, 0.3) is 0 Å². The van der Waals surface area contributed by atoms with Crippen LogP contribution < -0.4 is 10.2 Å². The van der Waals surface area contributed by atoms with Gasteiger partial charge in [0.2, 0.25) is 0 Å². The number of carbonyl (C=O) groups is 1. The Kier molecular flexibility index (Phi) is 6.94. The maximum Gasteiger partial charge on any atom is 0.190 e. The fraction of sp³-hybridized carbons (Fsp3) is 0.280. The highest BCUT2D eigenvalue weighted by Gasteiger charge is 2.17. The van der Waals surface area contributed by atoms with E-state index in [1.165, 1.54) is 29.0 Å². The molecule has 8 nitrogen and oxygen atoms in total. The van der Waals surface area contributed by atoms with Crippen LogP contribution in [0.5, 0.6) is 0 Å². The first-order valence-corrected chi connectivity index (χ1v) is 12.3. The second kappa shape index (κ2) is 10.4. The highest BCUT2D eigenvalue weighted by Crippen LogP contribution is 2.30. The predicted octanol–water partition coefficient (Wildman–Crippen LogP) is 4.05. The van der Waals surface area contributed by atoms with E-state index in [0.29, 0.717) is 6.54 Å². The highest BCUT2D eigenvalue weighted by molar-refractivity contribution is 7.21. The highest BCUT2D eigenvalue weighted by atomic mass is 32.1. The average Bonchev–Trinajstić information content (AvgIpc) is 3.27. The van der Waals surface area contributed by atoms with Crippen LogP contribution in [-0.4, -0.2) is 70.8 Å².